The number of carbonyl (C=O) groups is 1. The maximum absolute atomic E-state index is 13.0. The molecule has 9 heteroatoms. The van der Waals surface area contributed by atoms with Gasteiger partial charge in [-0.1, -0.05) is 50.0 Å². The van der Waals surface area contributed by atoms with Crippen LogP contribution in [-0.2, 0) is 19.6 Å². The number of sulfonamides is 1. The average Bonchev–Trinajstić information content (AvgIpc) is 2.53. The largest absolute Gasteiger partial charge is 0.459 e. The number of hydrogen-bond acceptors (Lipinski definition) is 5. The van der Waals surface area contributed by atoms with Gasteiger partial charge in [0.15, 0.2) is 0 Å². The third-order valence-corrected chi connectivity index (χ3v) is 5.88. The van der Waals surface area contributed by atoms with E-state index in [2.05, 4.69) is 9.71 Å². The van der Waals surface area contributed by atoms with Crippen LogP contribution in [0, 0.1) is 5.41 Å². The lowest BCUT2D eigenvalue weighted by atomic mass is 9.87. The molecular formula is C19H24Cl2N2O4S. The van der Waals surface area contributed by atoms with Gasteiger partial charge in [0, 0.05) is 17.0 Å². The number of fused-ring (bicyclic) bond motifs is 1. The number of nitrogens with one attached hydrogen (secondary N) is 1. The summed E-state index contributed by atoms with van der Waals surface area (Å²) in [5, 5.41) is 1.48. The van der Waals surface area contributed by atoms with Gasteiger partial charge in [-0.2, -0.15) is 4.72 Å². The van der Waals surface area contributed by atoms with E-state index in [4.69, 9.17) is 27.9 Å². The van der Waals surface area contributed by atoms with Crippen LogP contribution in [0.4, 0.5) is 0 Å². The molecule has 0 saturated carbocycles. The van der Waals surface area contributed by atoms with Crippen molar-refractivity contribution >= 4 is 50.0 Å². The van der Waals surface area contributed by atoms with Crippen LogP contribution >= 0.6 is 23.2 Å². The number of ether oxygens (including phenoxy) is 1. The summed E-state index contributed by atoms with van der Waals surface area (Å²) in [4.78, 5) is 16.5. The fourth-order valence-electron chi connectivity index (χ4n) is 2.48. The van der Waals surface area contributed by atoms with Crippen molar-refractivity contribution in [3.8, 4) is 0 Å². The number of esters is 1. The van der Waals surface area contributed by atoms with E-state index < -0.39 is 33.1 Å². The quantitative estimate of drug-likeness (QED) is 0.548. The topological polar surface area (TPSA) is 85.4 Å². The minimum Gasteiger partial charge on any atom is -0.459 e. The number of halogens is 2. The van der Waals surface area contributed by atoms with Crippen LogP contribution in [0.5, 0.6) is 0 Å². The van der Waals surface area contributed by atoms with Crippen molar-refractivity contribution in [3.63, 3.8) is 0 Å². The Morgan fingerprint density at radius 3 is 2.25 bits per heavy atom. The van der Waals surface area contributed by atoms with E-state index in [0.717, 1.165) is 0 Å². The minimum absolute atomic E-state index is 0.0521. The highest BCUT2D eigenvalue weighted by Gasteiger charge is 2.38. The molecule has 0 spiro atoms. The third kappa shape index (κ3) is 5.35. The van der Waals surface area contributed by atoms with Gasteiger partial charge in [-0.15, -0.1) is 0 Å². The molecule has 0 unspecified atom stereocenters. The van der Waals surface area contributed by atoms with Crippen molar-refractivity contribution in [2.45, 2.75) is 58.1 Å². The molecule has 1 aromatic heterocycles. The highest BCUT2D eigenvalue weighted by Crippen LogP contribution is 2.30. The number of benzene rings is 1. The van der Waals surface area contributed by atoms with Crippen LogP contribution in [0.1, 0.15) is 41.5 Å². The summed E-state index contributed by atoms with van der Waals surface area (Å²) < 4.78 is 33.8. The zero-order chi connectivity index (χ0) is 21.5. The summed E-state index contributed by atoms with van der Waals surface area (Å²) >= 11 is 12.2. The predicted molar refractivity (Wildman–Crippen MR) is 111 cm³/mol. The van der Waals surface area contributed by atoms with Crippen LogP contribution in [-0.4, -0.2) is 31.0 Å². The maximum atomic E-state index is 13.0. The molecule has 0 aliphatic carbocycles. The highest BCUT2D eigenvalue weighted by molar-refractivity contribution is 7.89. The summed E-state index contributed by atoms with van der Waals surface area (Å²) in [6.07, 6.45) is 1.40. The van der Waals surface area contributed by atoms with Gasteiger partial charge < -0.3 is 4.74 Å². The zero-order valence-corrected chi connectivity index (χ0v) is 19.0. The molecule has 2 aromatic rings. The van der Waals surface area contributed by atoms with E-state index in [0.29, 0.717) is 15.8 Å². The predicted octanol–water partition coefficient (Wildman–Crippen LogP) is 4.58. The summed E-state index contributed by atoms with van der Waals surface area (Å²) in [5.74, 6) is -0.646. The lowest BCUT2D eigenvalue weighted by molar-refractivity contribution is -0.159. The fourth-order valence-corrected chi connectivity index (χ4v) is 4.32. The second kappa shape index (κ2) is 7.78. The number of carbonyl (C=O) groups excluding carboxylic acids is 1. The molecule has 0 fully saturated rings. The van der Waals surface area contributed by atoms with Gasteiger partial charge in [0.05, 0.1) is 9.92 Å². The molecule has 1 N–H and O–H groups in total. The first-order valence-electron chi connectivity index (χ1n) is 8.61. The van der Waals surface area contributed by atoms with E-state index in [1.807, 2.05) is 0 Å². The van der Waals surface area contributed by atoms with E-state index >= 15 is 0 Å². The van der Waals surface area contributed by atoms with Crippen LogP contribution in [0.15, 0.2) is 29.3 Å². The SMILES string of the molecule is CC(C)(C)OC(=O)[C@H](NS(=O)(=O)c1ccc2c(Cl)cnc(Cl)c2c1)C(C)(C)C. The summed E-state index contributed by atoms with van der Waals surface area (Å²) in [5.41, 5.74) is -1.46. The lowest BCUT2D eigenvalue weighted by Crippen LogP contribution is -2.51. The minimum atomic E-state index is -4.04. The van der Waals surface area contributed by atoms with Crippen LogP contribution in [0.25, 0.3) is 10.8 Å². The number of rotatable bonds is 4. The molecule has 0 radical (unpaired) electrons. The molecule has 0 bridgehead atoms. The van der Waals surface area contributed by atoms with Gasteiger partial charge in [0.2, 0.25) is 10.0 Å². The summed E-state index contributed by atoms with van der Waals surface area (Å²) in [6, 6.07) is 3.26. The first-order valence-corrected chi connectivity index (χ1v) is 10.8. The Hall–Kier alpha value is -1.41. The summed E-state index contributed by atoms with van der Waals surface area (Å²) in [7, 11) is -4.04. The van der Waals surface area contributed by atoms with Crippen LogP contribution in [0.2, 0.25) is 10.2 Å². The van der Waals surface area contributed by atoms with Gasteiger partial charge in [0.1, 0.15) is 16.8 Å². The fraction of sp³-hybridized carbons (Fsp3) is 0.474. The first kappa shape index (κ1) is 22.9. The van der Waals surface area contributed by atoms with E-state index in [1.54, 1.807) is 47.6 Å². The highest BCUT2D eigenvalue weighted by atomic mass is 35.5. The van der Waals surface area contributed by atoms with Crippen molar-refractivity contribution in [1.82, 2.24) is 9.71 Å². The van der Waals surface area contributed by atoms with Crippen molar-refractivity contribution in [2.24, 2.45) is 5.41 Å². The Labute approximate surface area is 175 Å². The maximum Gasteiger partial charge on any atom is 0.325 e. The second-order valence-electron chi connectivity index (χ2n) is 8.56. The number of hydrogen-bond donors (Lipinski definition) is 1. The zero-order valence-electron chi connectivity index (χ0n) is 16.6. The average molecular weight is 447 g/mol. The van der Waals surface area contributed by atoms with Crippen LogP contribution in [0.3, 0.4) is 0 Å². The van der Waals surface area contributed by atoms with E-state index in [1.165, 1.54) is 18.3 Å². The van der Waals surface area contributed by atoms with Gasteiger partial charge in [-0.05, 0) is 38.3 Å². The molecule has 2 rings (SSSR count). The molecule has 0 saturated heterocycles. The smallest absolute Gasteiger partial charge is 0.325 e. The van der Waals surface area contributed by atoms with Gasteiger partial charge in [-0.3, -0.25) is 4.79 Å². The van der Waals surface area contributed by atoms with Gasteiger partial charge in [0.25, 0.3) is 0 Å². The first-order chi connectivity index (χ1) is 12.6. The Morgan fingerprint density at radius 2 is 1.71 bits per heavy atom. The van der Waals surface area contributed by atoms with Crippen molar-refractivity contribution in [3.05, 3.63) is 34.6 Å². The number of pyridine rings is 1. The van der Waals surface area contributed by atoms with Crippen molar-refractivity contribution < 1.29 is 17.9 Å². The molecule has 6 nitrogen and oxygen atoms in total. The van der Waals surface area contributed by atoms with E-state index in [9.17, 15) is 13.2 Å². The molecule has 0 aliphatic rings. The Kier molecular flexibility index (Phi) is 6.36. The van der Waals surface area contributed by atoms with E-state index in [-0.39, 0.29) is 10.0 Å². The second-order valence-corrected chi connectivity index (χ2v) is 11.0. The normalized spacial score (nSPS) is 14.1. The number of nitrogens with zero attached hydrogens (tertiary/aromatic N) is 1. The molecule has 1 heterocycles. The Morgan fingerprint density at radius 1 is 1.11 bits per heavy atom. The molecule has 1 atom stereocenters. The third-order valence-electron chi connectivity index (χ3n) is 3.85. The van der Waals surface area contributed by atoms with Gasteiger partial charge in [-0.25, -0.2) is 13.4 Å². The molecule has 28 heavy (non-hydrogen) atoms. The Balaban J connectivity index is 2.46. The molecule has 0 aliphatic heterocycles. The summed E-state index contributed by atoms with van der Waals surface area (Å²) in [6.45, 7) is 10.4. The number of aromatic nitrogens is 1. The lowest BCUT2D eigenvalue weighted by Gasteiger charge is -2.32. The Bertz CT molecular complexity index is 1010. The molecule has 154 valence electrons. The van der Waals surface area contributed by atoms with Crippen LogP contribution < -0.4 is 4.72 Å². The molecular weight excluding hydrogens is 423 g/mol. The molecule has 1 aromatic carbocycles. The van der Waals surface area contributed by atoms with Crippen molar-refractivity contribution in [1.29, 1.82) is 0 Å². The van der Waals surface area contributed by atoms with Crippen molar-refractivity contribution in [2.75, 3.05) is 0 Å². The van der Waals surface area contributed by atoms with Gasteiger partial charge >= 0.3 is 5.97 Å². The molecule has 0 amide bonds. The monoisotopic (exact) mass is 446 g/mol. The standard InChI is InChI=1S/C19H24Cl2N2O4S/c1-18(2,3)15(17(24)27-19(4,5)6)23-28(25,26)11-7-8-12-13(9-11)16(21)22-10-14(12)20/h7-10,15,23H,1-6H3/t15-/m0/s1.